The van der Waals surface area contributed by atoms with Gasteiger partial charge in [-0.05, 0) is 56.3 Å². The van der Waals surface area contributed by atoms with Crippen LogP contribution < -0.4 is 0 Å². The summed E-state index contributed by atoms with van der Waals surface area (Å²) in [6, 6.07) is 21.4. The second-order valence-electron chi connectivity index (χ2n) is 8.09. The third-order valence-corrected chi connectivity index (χ3v) is 6.66. The first kappa shape index (κ1) is 16.1. The van der Waals surface area contributed by atoms with E-state index in [-0.39, 0.29) is 0 Å². The van der Waals surface area contributed by atoms with Gasteiger partial charge in [0, 0.05) is 41.6 Å². The molecule has 2 aromatic carbocycles. The van der Waals surface area contributed by atoms with Gasteiger partial charge in [-0.1, -0.05) is 48.5 Å². The van der Waals surface area contributed by atoms with Gasteiger partial charge in [-0.15, -0.1) is 0 Å². The molecule has 2 aliphatic heterocycles. The quantitative estimate of drug-likeness (QED) is 0.619. The van der Waals surface area contributed by atoms with Crippen LogP contribution in [0.3, 0.4) is 0 Å². The molecule has 2 unspecified atom stereocenters. The number of fused-ring (bicyclic) bond motifs is 6. The van der Waals surface area contributed by atoms with Gasteiger partial charge >= 0.3 is 0 Å². The number of rotatable bonds is 4. The number of piperidine rings is 1. The first-order valence-corrected chi connectivity index (χ1v) is 10.2. The topological polar surface area (TPSA) is 8.17 Å². The molecule has 1 aromatic heterocycles. The molecule has 0 amide bonds. The fourth-order valence-corrected chi connectivity index (χ4v) is 5.34. The number of likely N-dealkylation sites (N-methyl/N-ethyl adjacent to an activating group) is 1. The molecule has 0 saturated carbocycles. The minimum Gasteiger partial charge on any atom is -0.344 e. The van der Waals surface area contributed by atoms with Gasteiger partial charge in [0.15, 0.2) is 0 Å². The maximum atomic E-state index is 2.66. The minimum absolute atomic E-state index is 0.623. The minimum atomic E-state index is 0.623. The Bertz CT molecular complexity index is 909. The number of hydrogen-bond donors (Lipinski definition) is 0. The highest BCUT2D eigenvalue weighted by atomic mass is 15.2. The Morgan fingerprint density at radius 3 is 2.65 bits per heavy atom. The molecule has 2 bridgehead atoms. The molecule has 1 saturated heterocycles. The van der Waals surface area contributed by atoms with E-state index in [2.05, 4.69) is 71.1 Å². The number of aryl methyl sites for hydroxylation is 2. The van der Waals surface area contributed by atoms with Crippen molar-refractivity contribution in [3.63, 3.8) is 0 Å². The molecule has 2 atom stereocenters. The van der Waals surface area contributed by atoms with Crippen molar-refractivity contribution in [1.29, 1.82) is 0 Å². The molecule has 1 fully saturated rings. The van der Waals surface area contributed by atoms with E-state index in [9.17, 15) is 0 Å². The lowest BCUT2D eigenvalue weighted by Gasteiger charge is -2.44. The summed E-state index contributed by atoms with van der Waals surface area (Å²) in [6.45, 7) is 1.13. The van der Waals surface area contributed by atoms with E-state index in [1.165, 1.54) is 48.6 Å². The van der Waals surface area contributed by atoms with Crippen molar-refractivity contribution >= 4 is 10.9 Å². The number of nitrogens with zero attached hydrogens (tertiary/aromatic N) is 2. The molecule has 0 N–H and O–H groups in total. The van der Waals surface area contributed by atoms with Gasteiger partial charge in [-0.2, -0.15) is 0 Å². The second kappa shape index (κ2) is 6.59. The fraction of sp³-hybridized carbons (Fsp3) is 0.417. The summed E-state index contributed by atoms with van der Waals surface area (Å²) in [5.41, 5.74) is 6.17. The monoisotopic (exact) mass is 344 g/mol. The van der Waals surface area contributed by atoms with Crippen LogP contribution in [0.1, 0.15) is 48.5 Å². The molecule has 3 aromatic rings. The summed E-state index contributed by atoms with van der Waals surface area (Å²) in [5.74, 6) is 0. The van der Waals surface area contributed by atoms with Gasteiger partial charge in [0.2, 0.25) is 0 Å². The molecule has 0 aliphatic carbocycles. The first-order chi connectivity index (χ1) is 12.8. The second-order valence-corrected chi connectivity index (χ2v) is 8.09. The Labute approximate surface area is 156 Å². The zero-order valence-electron chi connectivity index (χ0n) is 15.7. The van der Waals surface area contributed by atoms with Crippen LogP contribution in [0, 0.1) is 0 Å². The molecule has 0 spiro atoms. The summed E-state index contributed by atoms with van der Waals surface area (Å²) in [4.78, 5) is 2.66. The van der Waals surface area contributed by atoms with E-state index >= 15 is 0 Å². The molecule has 2 aliphatic rings. The SMILES string of the molecule is CN1C2CCCC1c1c(n(CCCc3ccccc3)c3ccccc13)C2. The molecule has 134 valence electrons. The number of hydrogen-bond acceptors (Lipinski definition) is 1. The Hall–Kier alpha value is -2.06. The Morgan fingerprint density at radius 2 is 1.77 bits per heavy atom. The van der Waals surface area contributed by atoms with Gasteiger partial charge in [-0.25, -0.2) is 0 Å². The summed E-state index contributed by atoms with van der Waals surface area (Å²) < 4.78 is 2.66. The van der Waals surface area contributed by atoms with Crippen LogP contribution >= 0.6 is 0 Å². The highest BCUT2D eigenvalue weighted by Crippen LogP contribution is 2.45. The van der Waals surface area contributed by atoms with Crippen molar-refractivity contribution in [2.45, 2.75) is 57.2 Å². The van der Waals surface area contributed by atoms with E-state index in [1.807, 2.05) is 0 Å². The Kier molecular flexibility index (Phi) is 4.09. The molecule has 0 radical (unpaired) electrons. The Balaban J connectivity index is 1.51. The van der Waals surface area contributed by atoms with Gasteiger partial charge in [0.1, 0.15) is 0 Å². The standard InChI is InChI=1S/C24H28N2/c1-25-19-12-7-15-22(25)24-20-13-5-6-14-21(20)26(23(24)17-19)16-8-11-18-9-3-2-4-10-18/h2-6,9-10,13-14,19,22H,7-8,11-12,15-17H2,1H3. The summed E-state index contributed by atoms with van der Waals surface area (Å²) in [5, 5.41) is 1.50. The highest BCUT2D eigenvalue weighted by Gasteiger charge is 2.38. The molecule has 5 rings (SSSR count). The lowest BCUT2D eigenvalue weighted by Crippen LogP contribution is -2.44. The van der Waals surface area contributed by atoms with Crippen LogP contribution in [-0.2, 0) is 19.4 Å². The fourth-order valence-electron chi connectivity index (χ4n) is 5.34. The molecule has 2 nitrogen and oxygen atoms in total. The predicted molar refractivity (Wildman–Crippen MR) is 109 cm³/mol. The Morgan fingerprint density at radius 1 is 0.962 bits per heavy atom. The van der Waals surface area contributed by atoms with Crippen LogP contribution in [-0.4, -0.2) is 22.6 Å². The van der Waals surface area contributed by atoms with Crippen molar-refractivity contribution in [2.75, 3.05) is 7.05 Å². The van der Waals surface area contributed by atoms with E-state index in [0.29, 0.717) is 6.04 Å². The van der Waals surface area contributed by atoms with Gasteiger partial charge in [-0.3, -0.25) is 4.90 Å². The van der Waals surface area contributed by atoms with Crippen molar-refractivity contribution in [2.24, 2.45) is 0 Å². The molecular weight excluding hydrogens is 316 g/mol. The van der Waals surface area contributed by atoms with Crippen molar-refractivity contribution < 1.29 is 0 Å². The van der Waals surface area contributed by atoms with E-state index in [1.54, 1.807) is 11.3 Å². The van der Waals surface area contributed by atoms with Crippen LogP contribution in [0.25, 0.3) is 10.9 Å². The van der Waals surface area contributed by atoms with Crippen LogP contribution in [0.15, 0.2) is 54.6 Å². The zero-order valence-corrected chi connectivity index (χ0v) is 15.7. The summed E-state index contributed by atoms with van der Waals surface area (Å²) in [7, 11) is 2.35. The van der Waals surface area contributed by atoms with Crippen LogP contribution in [0.2, 0.25) is 0 Å². The zero-order chi connectivity index (χ0) is 17.5. The molecule has 26 heavy (non-hydrogen) atoms. The average molecular weight is 345 g/mol. The molecular formula is C24H28N2. The average Bonchev–Trinajstić information content (AvgIpc) is 2.96. The van der Waals surface area contributed by atoms with Crippen molar-refractivity contribution in [3.05, 3.63) is 71.4 Å². The van der Waals surface area contributed by atoms with Crippen molar-refractivity contribution in [1.82, 2.24) is 9.47 Å². The van der Waals surface area contributed by atoms with E-state index in [4.69, 9.17) is 0 Å². The summed E-state index contributed by atoms with van der Waals surface area (Å²) in [6.07, 6.45) is 7.65. The van der Waals surface area contributed by atoms with Crippen LogP contribution in [0.5, 0.6) is 0 Å². The number of aromatic nitrogens is 1. The third kappa shape index (κ3) is 2.59. The third-order valence-electron chi connectivity index (χ3n) is 6.66. The molecule has 3 heterocycles. The maximum absolute atomic E-state index is 2.66. The maximum Gasteiger partial charge on any atom is 0.0486 e. The van der Waals surface area contributed by atoms with Crippen LogP contribution in [0.4, 0.5) is 0 Å². The highest BCUT2D eigenvalue weighted by molar-refractivity contribution is 5.86. The lowest BCUT2D eigenvalue weighted by molar-refractivity contribution is 0.0987. The first-order valence-electron chi connectivity index (χ1n) is 10.2. The summed E-state index contributed by atoms with van der Waals surface area (Å²) >= 11 is 0. The smallest absolute Gasteiger partial charge is 0.0486 e. The normalized spacial score (nSPS) is 22.5. The van der Waals surface area contributed by atoms with Gasteiger partial charge < -0.3 is 4.57 Å². The lowest BCUT2D eigenvalue weighted by atomic mass is 9.82. The van der Waals surface area contributed by atoms with Gasteiger partial charge in [0.05, 0.1) is 0 Å². The number of para-hydroxylation sites is 1. The largest absolute Gasteiger partial charge is 0.344 e. The van der Waals surface area contributed by atoms with E-state index < -0.39 is 0 Å². The molecule has 2 heteroatoms. The van der Waals surface area contributed by atoms with Crippen molar-refractivity contribution in [3.8, 4) is 0 Å². The van der Waals surface area contributed by atoms with Gasteiger partial charge in [0.25, 0.3) is 0 Å². The predicted octanol–water partition coefficient (Wildman–Crippen LogP) is 5.36. The number of benzene rings is 2. The van der Waals surface area contributed by atoms with E-state index in [0.717, 1.165) is 19.0 Å².